The maximum atomic E-state index is 12.1. The first-order chi connectivity index (χ1) is 9.47. The SMILES string of the molecule is Cc1cc(Br)cc2c1N(Cc1cnc(Cl)s1)C(=O)C2=O. The molecule has 1 amide bonds. The lowest BCUT2D eigenvalue weighted by atomic mass is 10.1. The van der Waals surface area contributed by atoms with Crippen LogP contribution in [0.5, 0.6) is 0 Å². The molecule has 0 saturated heterocycles. The van der Waals surface area contributed by atoms with Crippen LogP contribution in [0.3, 0.4) is 0 Å². The zero-order chi connectivity index (χ0) is 14.4. The second-order valence-corrected chi connectivity index (χ2v) is 7.03. The Kier molecular flexibility index (Phi) is 3.40. The molecule has 2 aromatic rings. The van der Waals surface area contributed by atoms with E-state index < -0.39 is 11.7 Å². The van der Waals surface area contributed by atoms with Crippen LogP contribution in [0, 0.1) is 6.92 Å². The summed E-state index contributed by atoms with van der Waals surface area (Å²) in [4.78, 5) is 30.5. The van der Waals surface area contributed by atoms with Crippen LogP contribution in [0.15, 0.2) is 22.8 Å². The molecular weight excluding hydrogens is 364 g/mol. The fourth-order valence-corrected chi connectivity index (χ4v) is 3.81. The lowest BCUT2D eigenvalue weighted by Gasteiger charge is -2.17. The van der Waals surface area contributed by atoms with Crippen LogP contribution in [-0.2, 0) is 11.3 Å². The first-order valence-corrected chi connectivity index (χ1v) is 7.72. The van der Waals surface area contributed by atoms with E-state index in [1.54, 1.807) is 12.3 Å². The van der Waals surface area contributed by atoms with E-state index in [0.29, 0.717) is 22.3 Å². The summed E-state index contributed by atoms with van der Waals surface area (Å²) in [5.41, 5.74) is 1.99. The third-order valence-corrected chi connectivity index (χ3v) is 4.62. The molecule has 102 valence electrons. The Hall–Kier alpha value is -1.24. The lowest BCUT2D eigenvalue weighted by molar-refractivity contribution is -0.114. The molecule has 2 heterocycles. The molecule has 0 radical (unpaired) electrons. The summed E-state index contributed by atoms with van der Waals surface area (Å²) >= 11 is 10.4. The molecule has 0 bridgehead atoms. The van der Waals surface area contributed by atoms with Crippen LogP contribution in [0.25, 0.3) is 0 Å². The number of amides is 1. The molecule has 1 aliphatic rings. The number of rotatable bonds is 2. The third kappa shape index (κ3) is 2.17. The average Bonchev–Trinajstić information content (AvgIpc) is 2.88. The predicted molar refractivity (Wildman–Crippen MR) is 81.5 cm³/mol. The van der Waals surface area contributed by atoms with Crippen LogP contribution < -0.4 is 4.90 Å². The normalized spacial score (nSPS) is 14.1. The number of thiazole rings is 1. The summed E-state index contributed by atoms with van der Waals surface area (Å²) < 4.78 is 1.21. The Morgan fingerprint density at radius 3 is 2.80 bits per heavy atom. The van der Waals surface area contributed by atoms with Crippen LogP contribution in [-0.4, -0.2) is 16.7 Å². The topological polar surface area (TPSA) is 50.3 Å². The van der Waals surface area contributed by atoms with Gasteiger partial charge in [-0.25, -0.2) is 4.98 Å². The maximum absolute atomic E-state index is 12.1. The highest BCUT2D eigenvalue weighted by Gasteiger charge is 2.37. The van der Waals surface area contributed by atoms with Gasteiger partial charge in [-0.2, -0.15) is 0 Å². The van der Waals surface area contributed by atoms with Crippen molar-refractivity contribution in [2.45, 2.75) is 13.5 Å². The number of carbonyl (C=O) groups is 2. The Morgan fingerprint density at radius 2 is 2.15 bits per heavy atom. The molecule has 3 rings (SSSR count). The van der Waals surface area contributed by atoms with E-state index in [2.05, 4.69) is 20.9 Å². The number of hydrogen-bond donors (Lipinski definition) is 0. The van der Waals surface area contributed by atoms with Gasteiger partial charge < -0.3 is 0 Å². The molecule has 0 N–H and O–H groups in total. The maximum Gasteiger partial charge on any atom is 0.299 e. The molecule has 0 unspecified atom stereocenters. The highest BCUT2D eigenvalue weighted by molar-refractivity contribution is 9.10. The molecule has 0 aliphatic carbocycles. The number of fused-ring (bicyclic) bond motifs is 1. The van der Waals surface area contributed by atoms with Crippen molar-refractivity contribution in [1.82, 2.24) is 4.98 Å². The van der Waals surface area contributed by atoms with E-state index in [1.807, 2.05) is 13.0 Å². The molecular formula is C13H8BrClN2O2S. The van der Waals surface area contributed by atoms with Crippen molar-refractivity contribution < 1.29 is 9.59 Å². The summed E-state index contributed by atoms with van der Waals surface area (Å²) in [5.74, 6) is -0.981. The first-order valence-electron chi connectivity index (χ1n) is 5.74. The second-order valence-electron chi connectivity index (χ2n) is 4.42. The number of Topliss-reactive ketones (excluding diaryl/α,β-unsaturated/α-hetero) is 1. The van der Waals surface area contributed by atoms with Crippen molar-refractivity contribution in [3.05, 3.63) is 43.3 Å². The van der Waals surface area contributed by atoms with E-state index >= 15 is 0 Å². The number of nitrogens with zero attached hydrogens (tertiary/aromatic N) is 2. The summed E-state index contributed by atoms with van der Waals surface area (Å²) in [6.45, 7) is 2.19. The van der Waals surface area contributed by atoms with Crippen LogP contribution in [0.4, 0.5) is 5.69 Å². The van der Waals surface area contributed by atoms with Gasteiger partial charge in [-0.1, -0.05) is 27.5 Å². The number of anilines is 1. The van der Waals surface area contributed by atoms with Crippen LogP contribution in [0.2, 0.25) is 4.47 Å². The Balaban J connectivity index is 2.06. The molecule has 1 aromatic carbocycles. The molecule has 1 aliphatic heterocycles. The molecule has 0 fully saturated rings. The standard InChI is InChI=1S/C13H8BrClN2O2S/c1-6-2-7(14)3-9-10(6)17(12(19)11(9)18)5-8-4-16-13(15)20-8/h2-4H,5H2,1H3. The molecule has 0 atom stereocenters. The Morgan fingerprint density at radius 1 is 1.40 bits per heavy atom. The zero-order valence-electron chi connectivity index (χ0n) is 10.3. The zero-order valence-corrected chi connectivity index (χ0v) is 13.5. The summed E-state index contributed by atoms with van der Waals surface area (Å²) in [6.07, 6.45) is 1.62. The monoisotopic (exact) mass is 370 g/mol. The summed E-state index contributed by atoms with van der Waals surface area (Å²) in [7, 11) is 0. The van der Waals surface area contributed by atoms with Crippen LogP contribution in [0.1, 0.15) is 20.8 Å². The Bertz CT molecular complexity index is 744. The van der Waals surface area contributed by atoms with Gasteiger partial charge in [0.2, 0.25) is 0 Å². The van der Waals surface area contributed by atoms with Gasteiger partial charge in [0.05, 0.1) is 17.8 Å². The highest BCUT2D eigenvalue weighted by Crippen LogP contribution is 2.36. The second kappa shape index (κ2) is 4.95. The fraction of sp³-hybridized carbons (Fsp3) is 0.154. The molecule has 20 heavy (non-hydrogen) atoms. The van der Waals surface area contributed by atoms with E-state index in [4.69, 9.17) is 11.6 Å². The van der Waals surface area contributed by atoms with E-state index in [0.717, 1.165) is 14.9 Å². The van der Waals surface area contributed by atoms with Gasteiger partial charge in [-0.3, -0.25) is 14.5 Å². The van der Waals surface area contributed by atoms with Crippen LogP contribution >= 0.6 is 38.9 Å². The van der Waals surface area contributed by atoms with E-state index in [9.17, 15) is 9.59 Å². The van der Waals surface area contributed by atoms with Gasteiger partial charge in [0.25, 0.3) is 11.7 Å². The quantitative estimate of drug-likeness (QED) is 0.758. The molecule has 1 aromatic heterocycles. The summed E-state index contributed by atoms with van der Waals surface area (Å²) in [5, 5.41) is 0. The highest BCUT2D eigenvalue weighted by atomic mass is 79.9. The first kappa shape index (κ1) is 13.7. The van der Waals surface area contributed by atoms with Crippen molar-refractivity contribution in [2.75, 3.05) is 4.90 Å². The minimum atomic E-state index is -0.509. The van der Waals surface area contributed by atoms with Gasteiger partial charge in [-0.15, -0.1) is 11.3 Å². The molecule has 0 spiro atoms. The van der Waals surface area contributed by atoms with Gasteiger partial charge in [-0.05, 0) is 24.6 Å². The summed E-state index contributed by atoms with van der Waals surface area (Å²) in [6, 6.07) is 3.57. The van der Waals surface area contributed by atoms with Gasteiger partial charge in [0.1, 0.15) is 0 Å². The minimum Gasteiger partial charge on any atom is -0.299 e. The molecule has 4 nitrogen and oxygen atoms in total. The molecule has 7 heteroatoms. The lowest BCUT2D eigenvalue weighted by Crippen LogP contribution is -2.29. The Labute approximate surface area is 132 Å². The van der Waals surface area contributed by atoms with E-state index in [-0.39, 0.29) is 0 Å². The van der Waals surface area contributed by atoms with E-state index in [1.165, 1.54) is 16.2 Å². The van der Waals surface area contributed by atoms with Crippen molar-refractivity contribution in [3.8, 4) is 0 Å². The average molecular weight is 372 g/mol. The number of ketones is 1. The largest absolute Gasteiger partial charge is 0.299 e. The van der Waals surface area contributed by atoms with Crippen molar-refractivity contribution in [2.24, 2.45) is 0 Å². The van der Waals surface area contributed by atoms with Gasteiger partial charge in [0, 0.05) is 15.5 Å². The number of halogens is 2. The van der Waals surface area contributed by atoms with Crippen molar-refractivity contribution >= 4 is 56.2 Å². The van der Waals surface area contributed by atoms with Gasteiger partial charge >= 0.3 is 0 Å². The number of carbonyl (C=O) groups excluding carboxylic acids is 2. The van der Waals surface area contributed by atoms with Crippen molar-refractivity contribution in [3.63, 3.8) is 0 Å². The number of hydrogen-bond acceptors (Lipinski definition) is 4. The fourth-order valence-electron chi connectivity index (χ4n) is 2.27. The third-order valence-electron chi connectivity index (χ3n) is 3.06. The number of aromatic nitrogens is 1. The smallest absolute Gasteiger partial charge is 0.299 e. The number of aryl methyl sites for hydroxylation is 1. The predicted octanol–water partition coefficient (Wildman–Crippen LogP) is 3.60. The molecule has 0 saturated carbocycles. The number of benzene rings is 1. The van der Waals surface area contributed by atoms with Crippen molar-refractivity contribution in [1.29, 1.82) is 0 Å². The minimum absolute atomic E-state index is 0.310. The van der Waals surface area contributed by atoms with Gasteiger partial charge in [0.15, 0.2) is 4.47 Å².